The molecule has 1 fully saturated rings. The first-order chi connectivity index (χ1) is 7.18. The normalized spacial score (nSPS) is 22.0. The molecular formula is C8H13N3O3S. The number of rotatable bonds is 4. The molecule has 6 nitrogen and oxygen atoms in total. The van der Waals surface area contributed by atoms with Gasteiger partial charge in [-0.25, -0.2) is 18.1 Å². The molecule has 7 heteroatoms. The lowest BCUT2D eigenvalue weighted by atomic mass is 10.2. The van der Waals surface area contributed by atoms with Gasteiger partial charge >= 0.3 is 0 Å². The Morgan fingerprint density at radius 1 is 1.67 bits per heavy atom. The van der Waals surface area contributed by atoms with Crippen LogP contribution in [0.4, 0.5) is 0 Å². The van der Waals surface area contributed by atoms with Gasteiger partial charge in [0.25, 0.3) is 10.0 Å². The molecule has 0 saturated carbocycles. The van der Waals surface area contributed by atoms with E-state index in [0.29, 0.717) is 6.54 Å². The van der Waals surface area contributed by atoms with E-state index >= 15 is 0 Å². The van der Waals surface area contributed by atoms with Crippen LogP contribution in [0.25, 0.3) is 0 Å². The van der Waals surface area contributed by atoms with Gasteiger partial charge < -0.3 is 9.72 Å². The highest BCUT2D eigenvalue weighted by molar-refractivity contribution is 7.89. The topological polar surface area (TPSA) is 84.1 Å². The third kappa shape index (κ3) is 2.55. The SMILES string of the molecule is O=S(=O)(NCC1CCCO1)c1cnc[nH]1. The van der Waals surface area contributed by atoms with E-state index in [1.807, 2.05) is 0 Å². The van der Waals surface area contributed by atoms with E-state index in [-0.39, 0.29) is 11.1 Å². The van der Waals surface area contributed by atoms with Crippen LogP contribution in [0.5, 0.6) is 0 Å². The van der Waals surface area contributed by atoms with E-state index in [4.69, 9.17) is 4.74 Å². The molecule has 1 aliphatic rings. The standard InChI is InChI=1S/C8H13N3O3S/c12-15(13,8-5-9-6-10-8)11-4-7-2-1-3-14-7/h5-7,11H,1-4H2,(H,9,10). The van der Waals surface area contributed by atoms with Crippen LogP contribution in [0.15, 0.2) is 17.6 Å². The predicted molar refractivity (Wildman–Crippen MR) is 52.8 cm³/mol. The number of imidazole rings is 1. The van der Waals surface area contributed by atoms with Crippen molar-refractivity contribution in [3.05, 3.63) is 12.5 Å². The Morgan fingerprint density at radius 3 is 3.13 bits per heavy atom. The van der Waals surface area contributed by atoms with Gasteiger partial charge in [0.2, 0.25) is 0 Å². The second kappa shape index (κ2) is 4.30. The van der Waals surface area contributed by atoms with Gasteiger partial charge in [0.05, 0.1) is 18.6 Å². The second-order valence-electron chi connectivity index (χ2n) is 3.40. The molecule has 0 aromatic carbocycles. The summed E-state index contributed by atoms with van der Waals surface area (Å²) in [5, 5.41) is 0.0838. The zero-order chi connectivity index (χ0) is 10.7. The summed E-state index contributed by atoms with van der Waals surface area (Å²) in [5.41, 5.74) is 0. The van der Waals surface area contributed by atoms with Gasteiger partial charge in [-0.05, 0) is 12.8 Å². The maximum Gasteiger partial charge on any atom is 0.257 e. The number of sulfonamides is 1. The number of aromatic amines is 1. The van der Waals surface area contributed by atoms with Crippen LogP contribution in [-0.2, 0) is 14.8 Å². The quantitative estimate of drug-likeness (QED) is 0.756. The highest BCUT2D eigenvalue weighted by atomic mass is 32.2. The third-order valence-electron chi connectivity index (χ3n) is 2.29. The highest BCUT2D eigenvalue weighted by Crippen LogP contribution is 2.11. The number of ether oxygens (including phenoxy) is 1. The van der Waals surface area contributed by atoms with E-state index in [1.165, 1.54) is 12.5 Å². The number of hydrogen-bond donors (Lipinski definition) is 2. The summed E-state index contributed by atoms with van der Waals surface area (Å²) in [4.78, 5) is 6.21. The minimum atomic E-state index is -3.45. The Morgan fingerprint density at radius 2 is 2.53 bits per heavy atom. The molecule has 1 atom stereocenters. The molecule has 1 aromatic heterocycles. The summed E-state index contributed by atoms with van der Waals surface area (Å²) in [5.74, 6) is 0. The average molecular weight is 231 g/mol. The van der Waals surface area contributed by atoms with Gasteiger partial charge in [-0.15, -0.1) is 0 Å². The summed E-state index contributed by atoms with van der Waals surface area (Å²) in [7, 11) is -3.45. The molecule has 1 saturated heterocycles. The molecular weight excluding hydrogens is 218 g/mol. The fraction of sp³-hybridized carbons (Fsp3) is 0.625. The van der Waals surface area contributed by atoms with Crippen LogP contribution in [0, 0.1) is 0 Å². The van der Waals surface area contributed by atoms with Crippen LogP contribution in [-0.4, -0.2) is 37.6 Å². The predicted octanol–water partition coefficient (Wildman–Crippen LogP) is -0.133. The molecule has 2 heterocycles. The van der Waals surface area contributed by atoms with Crippen LogP contribution >= 0.6 is 0 Å². The van der Waals surface area contributed by atoms with E-state index in [2.05, 4.69) is 14.7 Å². The van der Waals surface area contributed by atoms with Gasteiger partial charge in [-0.3, -0.25) is 0 Å². The first kappa shape index (κ1) is 10.6. The van der Waals surface area contributed by atoms with Crippen molar-refractivity contribution in [2.75, 3.05) is 13.2 Å². The molecule has 84 valence electrons. The third-order valence-corrected chi connectivity index (χ3v) is 3.64. The first-order valence-electron chi connectivity index (χ1n) is 4.78. The maximum absolute atomic E-state index is 11.6. The minimum absolute atomic E-state index is 0.00250. The van der Waals surface area contributed by atoms with Crippen LogP contribution < -0.4 is 4.72 Å². The van der Waals surface area contributed by atoms with E-state index in [9.17, 15) is 8.42 Å². The van der Waals surface area contributed by atoms with E-state index in [1.54, 1.807) is 0 Å². The van der Waals surface area contributed by atoms with Crippen molar-refractivity contribution in [1.82, 2.24) is 14.7 Å². The van der Waals surface area contributed by atoms with Crippen molar-refractivity contribution in [2.24, 2.45) is 0 Å². The number of hydrogen-bond acceptors (Lipinski definition) is 4. The molecule has 0 radical (unpaired) electrons. The zero-order valence-electron chi connectivity index (χ0n) is 8.14. The van der Waals surface area contributed by atoms with E-state index < -0.39 is 10.0 Å². The Labute approximate surface area is 88.1 Å². The van der Waals surface area contributed by atoms with Gasteiger partial charge in [-0.1, -0.05) is 0 Å². The number of nitrogens with zero attached hydrogens (tertiary/aromatic N) is 1. The molecule has 0 aliphatic carbocycles. The molecule has 1 aromatic rings. The van der Waals surface area contributed by atoms with Crippen molar-refractivity contribution in [3.8, 4) is 0 Å². The second-order valence-corrected chi connectivity index (χ2v) is 5.14. The Balaban J connectivity index is 1.93. The summed E-state index contributed by atoms with van der Waals surface area (Å²) in [6.07, 6.45) is 4.52. The molecule has 15 heavy (non-hydrogen) atoms. The first-order valence-corrected chi connectivity index (χ1v) is 6.26. The number of H-pyrrole nitrogens is 1. The smallest absolute Gasteiger partial charge is 0.257 e. The molecule has 0 spiro atoms. The van der Waals surface area contributed by atoms with Crippen molar-refractivity contribution < 1.29 is 13.2 Å². The Hall–Kier alpha value is -0.920. The zero-order valence-corrected chi connectivity index (χ0v) is 8.96. The lowest BCUT2D eigenvalue weighted by Gasteiger charge is -2.09. The summed E-state index contributed by atoms with van der Waals surface area (Å²) in [6.45, 7) is 1.04. The lowest BCUT2D eigenvalue weighted by molar-refractivity contribution is 0.114. The van der Waals surface area contributed by atoms with E-state index in [0.717, 1.165) is 19.4 Å². The molecule has 0 amide bonds. The molecule has 1 aliphatic heterocycles. The Kier molecular flexibility index (Phi) is 3.03. The van der Waals surface area contributed by atoms with Crippen LogP contribution in [0.3, 0.4) is 0 Å². The van der Waals surface area contributed by atoms with Gasteiger partial charge in [0, 0.05) is 13.2 Å². The summed E-state index contributed by atoms with van der Waals surface area (Å²) < 4.78 is 31.0. The fourth-order valence-corrected chi connectivity index (χ4v) is 2.44. The summed E-state index contributed by atoms with van der Waals surface area (Å²) >= 11 is 0. The molecule has 2 rings (SSSR count). The molecule has 0 bridgehead atoms. The summed E-state index contributed by atoms with van der Waals surface area (Å²) in [6, 6.07) is 0. The minimum Gasteiger partial charge on any atom is -0.377 e. The number of aromatic nitrogens is 2. The average Bonchev–Trinajstić information content (AvgIpc) is 2.88. The Bertz CT molecular complexity index is 395. The maximum atomic E-state index is 11.6. The van der Waals surface area contributed by atoms with Crippen LogP contribution in [0.1, 0.15) is 12.8 Å². The molecule has 2 N–H and O–H groups in total. The van der Waals surface area contributed by atoms with Gasteiger partial charge in [-0.2, -0.15) is 0 Å². The monoisotopic (exact) mass is 231 g/mol. The lowest BCUT2D eigenvalue weighted by Crippen LogP contribution is -2.32. The largest absolute Gasteiger partial charge is 0.377 e. The number of nitrogens with one attached hydrogen (secondary N) is 2. The van der Waals surface area contributed by atoms with Crippen molar-refractivity contribution in [1.29, 1.82) is 0 Å². The van der Waals surface area contributed by atoms with Crippen LogP contribution in [0.2, 0.25) is 0 Å². The van der Waals surface area contributed by atoms with Gasteiger partial charge in [0.1, 0.15) is 0 Å². The van der Waals surface area contributed by atoms with Crippen molar-refractivity contribution >= 4 is 10.0 Å². The van der Waals surface area contributed by atoms with Crippen molar-refractivity contribution in [3.63, 3.8) is 0 Å². The fourth-order valence-electron chi connectivity index (χ4n) is 1.48. The van der Waals surface area contributed by atoms with Gasteiger partial charge in [0.15, 0.2) is 5.03 Å². The van der Waals surface area contributed by atoms with Crippen molar-refractivity contribution in [2.45, 2.75) is 24.0 Å². The molecule has 1 unspecified atom stereocenters. The highest BCUT2D eigenvalue weighted by Gasteiger charge is 2.20.